The zero-order valence-corrected chi connectivity index (χ0v) is 13.7. The summed E-state index contributed by atoms with van der Waals surface area (Å²) in [4.78, 5) is 5.67. The van der Waals surface area contributed by atoms with Gasteiger partial charge in [0, 0.05) is 30.1 Å². The lowest BCUT2D eigenvalue weighted by Crippen LogP contribution is -2.30. The van der Waals surface area contributed by atoms with Gasteiger partial charge in [-0.15, -0.1) is 11.3 Å². The van der Waals surface area contributed by atoms with Crippen LogP contribution in [0.5, 0.6) is 5.75 Å². The van der Waals surface area contributed by atoms with Gasteiger partial charge in [0.25, 0.3) is 0 Å². The molecule has 0 saturated heterocycles. The summed E-state index contributed by atoms with van der Waals surface area (Å²) < 4.78 is 18.2. The van der Waals surface area contributed by atoms with E-state index in [-0.39, 0.29) is 12.4 Å². The number of aliphatic hydroxyl groups excluding tert-OH is 1. The van der Waals surface area contributed by atoms with Crippen LogP contribution in [0.1, 0.15) is 35.1 Å². The monoisotopic (exact) mass is 336 g/mol. The Morgan fingerprint density at radius 2 is 2.13 bits per heavy atom. The number of hydrogen-bond acceptors (Lipinski definition) is 5. The number of nitrogens with one attached hydrogen (secondary N) is 1. The molecule has 1 aromatic heterocycles. The highest BCUT2D eigenvalue weighted by molar-refractivity contribution is 7.11. The molecule has 1 heterocycles. The SMILES string of the molecule is OC(CNCc1cnc(C2CCC2)s1)COc1ccc(F)cc1. The molecule has 1 aliphatic rings. The number of halogens is 1. The van der Waals surface area contributed by atoms with Gasteiger partial charge < -0.3 is 15.2 Å². The average molecular weight is 336 g/mol. The Hall–Kier alpha value is -1.50. The number of thiazole rings is 1. The third-order valence-electron chi connectivity index (χ3n) is 3.96. The summed E-state index contributed by atoms with van der Waals surface area (Å²) in [6.07, 6.45) is 5.16. The molecule has 0 spiro atoms. The molecule has 1 fully saturated rings. The van der Waals surface area contributed by atoms with Gasteiger partial charge in [0.05, 0.1) is 5.01 Å². The van der Waals surface area contributed by atoms with Crippen LogP contribution in [0.15, 0.2) is 30.5 Å². The predicted molar refractivity (Wildman–Crippen MR) is 88.3 cm³/mol. The number of benzene rings is 1. The third kappa shape index (κ3) is 4.73. The van der Waals surface area contributed by atoms with Crippen LogP contribution < -0.4 is 10.1 Å². The summed E-state index contributed by atoms with van der Waals surface area (Å²) in [6.45, 7) is 1.32. The quantitative estimate of drug-likeness (QED) is 0.778. The lowest BCUT2D eigenvalue weighted by atomic mass is 9.86. The van der Waals surface area contributed by atoms with E-state index in [1.165, 1.54) is 41.3 Å². The first kappa shape index (κ1) is 16.4. The number of hydrogen-bond donors (Lipinski definition) is 2. The Bertz CT molecular complexity index is 613. The molecule has 1 aliphatic carbocycles. The molecular formula is C17H21FN2O2S. The molecule has 0 aliphatic heterocycles. The minimum atomic E-state index is -0.612. The van der Waals surface area contributed by atoms with Gasteiger partial charge in [-0.05, 0) is 37.1 Å². The Morgan fingerprint density at radius 1 is 1.35 bits per heavy atom. The number of rotatable bonds is 8. The van der Waals surface area contributed by atoms with E-state index in [4.69, 9.17) is 4.74 Å². The fraction of sp³-hybridized carbons (Fsp3) is 0.471. The molecule has 0 bridgehead atoms. The van der Waals surface area contributed by atoms with E-state index in [0.717, 1.165) is 0 Å². The zero-order valence-electron chi connectivity index (χ0n) is 12.9. The molecule has 4 nitrogen and oxygen atoms in total. The lowest BCUT2D eigenvalue weighted by Gasteiger charge is -2.22. The van der Waals surface area contributed by atoms with Gasteiger partial charge in [0.15, 0.2) is 0 Å². The van der Waals surface area contributed by atoms with E-state index >= 15 is 0 Å². The van der Waals surface area contributed by atoms with Crippen molar-refractivity contribution in [2.24, 2.45) is 0 Å². The van der Waals surface area contributed by atoms with E-state index in [9.17, 15) is 9.50 Å². The van der Waals surface area contributed by atoms with Gasteiger partial charge in [-0.2, -0.15) is 0 Å². The van der Waals surface area contributed by atoms with Crippen LogP contribution in [0.25, 0.3) is 0 Å². The summed E-state index contributed by atoms with van der Waals surface area (Å²) in [7, 11) is 0. The standard InChI is InChI=1S/C17H21FN2O2S/c18-13-4-6-15(7-5-13)22-11-14(21)8-19-9-16-10-20-17(23-16)12-2-1-3-12/h4-7,10,12,14,19,21H,1-3,8-9,11H2. The smallest absolute Gasteiger partial charge is 0.123 e. The van der Waals surface area contributed by atoms with Crippen molar-refractivity contribution in [1.29, 1.82) is 0 Å². The number of aliphatic hydroxyl groups is 1. The van der Waals surface area contributed by atoms with E-state index < -0.39 is 6.10 Å². The highest BCUT2D eigenvalue weighted by Gasteiger charge is 2.22. The predicted octanol–water partition coefficient (Wildman–Crippen LogP) is 3.08. The van der Waals surface area contributed by atoms with Crippen molar-refractivity contribution in [2.75, 3.05) is 13.2 Å². The Balaban J connectivity index is 1.34. The highest BCUT2D eigenvalue weighted by Crippen LogP contribution is 2.38. The molecular weight excluding hydrogens is 315 g/mol. The van der Waals surface area contributed by atoms with Crippen molar-refractivity contribution >= 4 is 11.3 Å². The maximum atomic E-state index is 12.8. The molecule has 6 heteroatoms. The molecule has 0 radical (unpaired) electrons. The van der Waals surface area contributed by atoms with Gasteiger partial charge >= 0.3 is 0 Å². The summed E-state index contributed by atoms with van der Waals surface area (Å²) in [5, 5.41) is 14.4. The van der Waals surface area contributed by atoms with Crippen LogP contribution in [0.3, 0.4) is 0 Å². The second kappa shape index (κ2) is 7.86. The van der Waals surface area contributed by atoms with E-state index in [0.29, 0.717) is 24.8 Å². The first-order valence-electron chi connectivity index (χ1n) is 7.92. The molecule has 23 heavy (non-hydrogen) atoms. The fourth-order valence-corrected chi connectivity index (χ4v) is 3.45. The van der Waals surface area contributed by atoms with Gasteiger partial charge in [-0.1, -0.05) is 6.42 Å². The van der Waals surface area contributed by atoms with Crippen molar-refractivity contribution in [1.82, 2.24) is 10.3 Å². The van der Waals surface area contributed by atoms with Crippen LogP contribution >= 0.6 is 11.3 Å². The van der Waals surface area contributed by atoms with E-state index in [1.807, 2.05) is 6.20 Å². The van der Waals surface area contributed by atoms with Crippen molar-refractivity contribution < 1.29 is 14.2 Å². The van der Waals surface area contributed by atoms with Crippen LogP contribution in [-0.2, 0) is 6.54 Å². The van der Waals surface area contributed by atoms with E-state index in [1.54, 1.807) is 23.5 Å². The Kier molecular flexibility index (Phi) is 5.59. The number of aromatic nitrogens is 1. The van der Waals surface area contributed by atoms with Crippen LogP contribution in [0, 0.1) is 5.82 Å². The van der Waals surface area contributed by atoms with Gasteiger partial charge in [0.2, 0.25) is 0 Å². The molecule has 2 aromatic rings. The number of nitrogens with zero attached hydrogens (tertiary/aromatic N) is 1. The largest absolute Gasteiger partial charge is 0.491 e. The second-order valence-corrected chi connectivity index (χ2v) is 6.99. The molecule has 124 valence electrons. The third-order valence-corrected chi connectivity index (χ3v) is 5.12. The molecule has 1 aromatic carbocycles. The van der Waals surface area contributed by atoms with Gasteiger partial charge in [-0.25, -0.2) is 9.37 Å². The lowest BCUT2D eigenvalue weighted by molar-refractivity contribution is 0.106. The molecule has 1 atom stereocenters. The van der Waals surface area contributed by atoms with Crippen LogP contribution in [0.4, 0.5) is 4.39 Å². The minimum absolute atomic E-state index is 0.175. The van der Waals surface area contributed by atoms with Crippen molar-refractivity contribution in [3.63, 3.8) is 0 Å². The fourth-order valence-electron chi connectivity index (χ4n) is 2.39. The first-order chi connectivity index (χ1) is 11.2. The highest BCUT2D eigenvalue weighted by atomic mass is 32.1. The number of ether oxygens (including phenoxy) is 1. The van der Waals surface area contributed by atoms with Crippen molar-refractivity contribution in [3.8, 4) is 5.75 Å². The average Bonchev–Trinajstić information content (AvgIpc) is 2.93. The molecule has 1 unspecified atom stereocenters. The van der Waals surface area contributed by atoms with Crippen molar-refractivity contribution in [3.05, 3.63) is 46.2 Å². The van der Waals surface area contributed by atoms with Crippen LogP contribution in [-0.4, -0.2) is 29.3 Å². The Labute approximate surface area is 139 Å². The summed E-state index contributed by atoms with van der Waals surface area (Å²) in [6, 6.07) is 5.77. The van der Waals surface area contributed by atoms with Crippen LogP contribution in [0.2, 0.25) is 0 Å². The van der Waals surface area contributed by atoms with E-state index in [2.05, 4.69) is 10.3 Å². The second-order valence-electron chi connectivity index (χ2n) is 5.84. The summed E-state index contributed by atoms with van der Waals surface area (Å²) in [5.74, 6) is 0.923. The Morgan fingerprint density at radius 3 is 2.83 bits per heavy atom. The first-order valence-corrected chi connectivity index (χ1v) is 8.74. The van der Waals surface area contributed by atoms with Gasteiger partial charge in [0.1, 0.15) is 24.3 Å². The minimum Gasteiger partial charge on any atom is -0.491 e. The topological polar surface area (TPSA) is 54.4 Å². The maximum Gasteiger partial charge on any atom is 0.123 e. The maximum absolute atomic E-state index is 12.8. The summed E-state index contributed by atoms with van der Waals surface area (Å²) in [5.41, 5.74) is 0. The molecule has 2 N–H and O–H groups in total. The molecule has 1 saturated carbocycles. The molecule has 0 amide bonds. The molecule has 3 rings (SSSR count). The van der Waals surface area contributed by atoms with Gasteiger partial charge in [-0.3, -0.25) is 0 Å². The zero-order chi connectivity index (χ0) is 16.1. The summed E-state index contributed by atoms with van der Waals surface area (Å²) >= 11 is 1.76. The van der Waals surface area contributed by atoms with Crippen molar-refractivity contribution in [2.45, 2.75) is 37.8 Å². The normalized spacial score (nSPS) is 16.1.